The summed E-state index contributed by atoms with van der Waals surface area (Å²) in [7, 11) is 0. The Kier molecular flexibility index (Phi) is 3.63. The Morgan fingerprint density at radius 2 is 1.29 bits per heavy atom. The Labute approximate surface area is 144 Å². The third-order valence-corrected chi connectivity index (χ3v) is 6.72. The van der Waals surface area contributed by atoms with Gasteiger partial charge < -0.3 is 0 Å². The van der Waals surface area contributed by atoms with Crippen LogP contribution in [0.5, 0.6) is 0 Å². The highest BCUT2D eigenvalue weighted by Crippen LogP contribution is 2.54. The first-order valence-corrected chi connectivity index (χ1v) is 9.22. The molecule has 4 rings (SSSR count). The van der Waals surface area contributed by atoms with Crippen molar-refractivity contribution in [3.05, 3.63) is 59.2 Å². The molecule has 2 aliphatic rings. The van der Waals surface area contributed by atoms with Crippen LogP contribution < -0.4 is 0 Å². The Hall–Kier alpha value is -1.89. The number of hydrogen-bond acceptors (Lipinski definition) is 1. The van der Waals surface area contributed by atoms with Gasteiger partial charge in [0.05, 0.1) is 0 Å². The molecule has 0 fully saturated rings. The van der Waals surface area contributed by atoms with Gasteiger partial charge in [-0.1, -0.05) is 64.1 Å². The molecule has 6 atom stereocenters. The van der Waals surface area contributed by atoms with E-state index in [9.17, 15) is 4.79 Å². The molecule has 0 spiro atoms. The molecule has 6 unspecified atom stereocenters. The SMILES string of the molecule is CC1C=CC(C)C2C(C)c3cc4cc(C=O)ccc4cc3C(C)C12. The number of benzene rings is 2. The van der Waals surface area contributed by atoms with Gasteiger partial charge in [-0.15, -0.1) is 0 Å². The molecule has 0 saturated carbocycles. The van der Waals surface area contributed by atoms with Crippen LogP contribution >= 0.6 is 0 Å². The maximum absolute atomic E-state index is 11.1. The highest BCUT2D eigenvalue weighted by molar-refractivity contribution is 5.90. The van der Waals surface area contributed by atoms with Crippen LogP contribution in [-0.2, 0) is 0 Å². The zero-order chi connectivity index (χ0) is 17.0. The second kappa shape index (κ2) is 5.58. The zero-order valence-electron chi connectivity index (χ0n) is 15.0. The fourth-order valence-corrected chi connectivity index (χ4v) is 5.51. The number of carbonyl (C=O) groups excluding carboxylic acids is 1. The van der Waals surface area contributed by atoms with E-state index in [1.54, 1.807) is 0 Å². The van der Waals surface area contributed by atoms with Gasteiger partial charge in [-0.3, -0.25) is 4.79 Å². The van der Waals surface area contributed by atoms with Crippen molar-refractivity contribution in [2.24, 2.45) is 23.7 Å². The number of hydrogen-bond donors (Lipinski definition) is 0. The van der Waals surface area contributed by atoms with E-state index < -0.39 is 0 Å². The van der Waals surface area contributed by atoms with Crippen molar-refractivity contribution in [2.45, 2.75) is 39.5 Å². The van der Waals surface area contributed by atoms with E-state index in [1.165, 1.54) is 21.9 Å². The second-order valence-corrected chi connectivity index (χ2v) is 8.04. The predicted octanol–water partition coefficient (Wildman–Crippen LogP) is 5.95. The van der Waals surface area contributed by atoms with Gasteiger partial charge in [-0.05, 0) is 63.5 Å². The second-order valence-electron chi connectivity index (χ2n) is 8.04. The lowest BCUT2D eigenvalue weighted by molar-refractivity contribution is 0.112. The molecule has 0 amide bonds. The van der Waals surface area contributed by atoms with Crippen molar-refractivity contribution in [2.75, 3.05) is 0 Å². The lowest BCUT2D eigenvalue weighted by Crippen LogP contribution is -2.39. The van der Waals surface area contributed by atoms with Crippen LogP contribution in [0.25, 0.3) is 10.8 Å². The minimum Gasteiger partial charge on any atom is -0.298 e. The molecule has 0 bridgehead atoms. The summed E-state index contributed by atoms with van der Waals surface area (Å²) in [6.45, 7) is 9.57. The predicted molar refractivity (Wildman–Crippen MR) is 101 cm³/mol. The van der Waals surface area contributed by atoms with E-state index in [4.69, 9.17) is 0 Å². The molecule has 2 aromatic rings. The number of rotatable bonds is 1. The first-order chi connectivity index (χ1) is 11.5. The maximum atomic E-state index is 11.1. The van der Waals surface area contributed by atoms with Crippen molar-refractivity contribution in [3.63, 3.8) is 0 Å². The average molecular weight is 318 g/mol. The molecule has 124 valence electrons. The molecule has 2 aromatic carbocycles. The van der Waals surface area contributed by atoms with Gasteiger partial charge in [0.1, 0.15) is 6.29 Å². The lowest BCUT2D eigenvalue weighted by Gasteiger charge is -2.49. The van der Waals surface area contributed by atoms with E-state index in [0.717, 1.165) is 17.8 Å². The van der Waals surface area contributed by atoms with Crippen LogP contribution in [0.2, 0.25) is 0 Å². The van der Waals surface area contributed by atoms with Gasteiger partial charge in [0, 0.05) is 5.56 Å². The van der Waals surface area contributed by atoms with Crippen molar-refractivity contribution >= 4 is 17.1 Å². The van der Waals surface area contributed by atoms with Crippen molar-refractivity contribution in [3.8, 4) is 0 Å². The molecule has 0 heterocycles. The third kappa shape index (κ3) is 2.17. The molecule has 0 saturated heterocycles. The summed E-state index contributed by atoms with van der Waals surface area (Å²) in [6.07, 6.45) is 5.79. The minimum absolute atomic E-state index is 0.563. The molecule has 0 aromatic heterocycles. The van der Waals surface area contributed by atoms with Gasteiger partial charge in [0.15, 0.2) is 0 Å². The summed E-state index contributed by atoms with van der Waals surface area (Å²) in [4.78, 5) is 11.1. The third-order valence-electron chi connectivity index (χ3n) is 6.72. The first-order valence-electron chi connectivity index (χ1n) is 9.22. The Balaban J connectivity index is 1.91. The summed E-state index contributed by atoms with van der Waals surface area (Å²) >= 11 is 0. The van der Waals surface area contributed by atoms with Crippen LogP contribution in [0.1, 0.15) is 61.0 Å². The summed E-state index contributed by atoms with van der Waals surface area (Å²) < 4.78 is 0. The molecular formula is C23H26O. The lowest BCUT2D eigenvalue weighted by atomic mass is 9.56. The van der Waals surface area contributed by atoms with Gasteiger partial charge in [-0.25, -0.2) is 0 Å². The molecule has 0 radical (unpaired) electrons. The highest BCUT2D eigenvalue weighted by Gasteiger charge is 2.44. The largest absolute Gasteiger partial charge is 0.298 e. The van der Waals surface area contributed by atoms with E-state index in [1.807, 2.05) is 12.1 Å². The molecule has 24 heavy (non-hydrogen) atoms. The Morgan fingerprint density at radius 1 is 0.750 bits per heavy atom. The molecule has 2 aliphatic carbocycles. The molecular weight excluding hydrogens is 292 g/mol. The van der Waals surface area contributed by atoms with E-state index in [2.05, 4.69) is 58.0 Å². The smallest absolute Gasteiger partial charge is 0.150 e. The number of aldehydes is 1. The summed E-state index contributed by atoms with van der Waals surface area (Å²) in [5.74, 6) is 3.85. The van der Waals surface area contributed by atoms with Gasteiger partial charge >= 0.3 is 0 Å². The fourth-order valence-electron chi connectivity index (χ4n) is 5.51. The van der Waals surface area contributed by atoms with Crippen LogP contribution in [0, 0.1) is 23.7 Å². The molecule has 1 nitrogen and oxygen atoms in total. The Morgan fingerprint density at radius 3 is 1.83 bits per heavy atom. The number of fused-ring (bicyclic) bond motifs is 3. The van der Waals surface area contributed by atoms with Crippen molar-refractivity contribution in [1.29, 1.82) is 0 Å². The van der Waals surface area contributed by atoms with Gasteiger partial charge in [-0.2, -0.15) is 0 Å². The van der Waals surface area contributed by atoms with E-state index in [0.29, 0.717) is 29.6 Å². The quantitative estimate of drug-likeness (QED) is 0.469. The normalized spacial score (nSPS) is 34.7. The van der Waals surface area contributed by atoms with Gasteiger partial charge in [0.2, 0.25) is 0 Å². The summed E-state index contributed by atoms with van der Waals surface area (Å²) in [5.41, 5.74) is 3.78. The maximum Gasteiger partial charge on any atom is 0.150 e. The summed E-state index contributed by atoms with van der Waals surface area (Å²) in [5, 5.41) is 2.45. The topological polar surface area (TPSA) is 17.1 Å². The Bertz CT molecular complexity index is 831. The van der Waals surface area contributed by atoms with Crippen LogP contribution in [0.15, 0.2) is 42.5 Å². The molecule has 1 heteroatoms. The van der Waals surface area contributed by atoms with Crippen LogP contribution in [0.4, 0.5) is 0 Å². The standard InChI is InChI=1S/C23H26O/c1-13-5-6-14(2)23-16(4)21-11-19-9-17(12-24)7-8-18(19)10-20(21)15(3)22(13)23/h5-16,22-23H,1-4H3. The molecule has 0 aliphatic heterocycles. The van der Waals surface area contributed by atoms with E-state index >= 15 is 0 Å². The molecule has 0 N–H and O–H groups in total. The van der Waals surface area contributed by atoms with Crippen LogP contribution in [-0.4, -0.2) is 6.29 Å². The first kappa shape index (κ1) is 15.6. The van der Waals surface area contributed by atoms with E-state index in [-0.39, 0.29) is 0 Å². The van der Waals surface area contributed by atoms with Crippen LogP contribution in [0.3, 0.4) is 0 Å². The number of carbonyl (C=O) groups is 1. The van der Waals surface area contributed by atoms with Crippen molar-refractivity contribution in [1.82, 2.24) is 0 Å². The van der Waals surface area contributed by atoms with Crippen molar-refractivity contribution < 1.29 is 4.79 Å². The highest BCUT2D eigenvalue weighted by atomic mass is 16.1. The number of allylic oxidation sites excluding steroid dienone is 2. The monoisotopic (exact) mass is 318 g/mol. The minimum atomic E-state index is 0.563. The average Bonchev–Trinajstić information content (AvgIpc) is 2.59. The van der Waals surface area contributed by atoms with Gasteiger partial charge in [0.25, 0.3) is 0 Å². The summed E-state index contributed by atoms with van der Waals surface area (Å²) in [6, 6.07) is 10.8. The fraction of sp³-hybridized carbons (Fsp3) is 0.435. The zero-order valence-corrected chi connectivity index (χ0v) is 15.0.